The van der Waals surface area contributed by atoms with Gasteiger partial charge in [0.1, 0.15) is 4.33 Å². The fourth-order valence-corrected chi connectivity index (χ4v) is 4.08. The second-order valence-electron chi connectivity index (χ2n) is 6.74. The third-order valence-electron chi connectivity index (χ3n) is 5.11. The molecule has 2 heterocycles. The summed E-state index contributed by atoms with van der Waals surface area (Å²) in [6.07, 6.45) is 2.17. The fourth-order valence-electron chi connectivity index (χ4n) is 3.39. The number of hydrogen-bond acceptors (Lipinski definition) is 3. The van der Waals surface area contributed by atoms with Gasteiger partial charge in [-0.15, -0.1) is 23.2 Å². The van der Waals surface area contributed by atoms with Crippen LogP contribution in [0.25, 0.3) is 0 Å². The average Bonchev–Trinajstić information content (AvgIpc) is 3.06. The van der Waals surface area contributed by atoms with E-state index in [9.17, 15) is 9.59 Å². The van der Waals surface area contributed by atoms with Crippen molar-refractivity contribution < 1.29 is 14.3 Å². The topological polar surface area (TPSA) is 49.9 Å². The van der Waals surface area contributed by atoms with Crippen LogP contribution in [0.15, 0.2) is 0 Å². The number of hydrogen-bond donors (Lipinski definition) is 0. The number of halogens is 2. The lowest BCUT2D eigenvalue weighted by atomic mass is 9.94. The van der Waals surface area contributed by atoms with Gasteiger partial charge < -0.3 is 14.5 Å². The predicted molar refractivity (Wildman–Crippen MR) is 83.9 cm³/mol. The van der Waals surface area contributed by atoms with Crippen LogP contribution in [0.2, 0.25) is 0 Å². The average molecular weight is 349 g/mol. The summed E-state index contributed by atoms with van der Waals surface area (Å²) in [5.74, 6) is 0.0138. The van der Waals surface area contributed by atoms with Crippen molar-refractivity contribution in [2.24, 2.45) is 11.3 Å². The second kappa shape index (κ2) is 5.84. The molecule has 124 valence electrons. The quantitative estimate of drug-likeness (QED) is 0.713. The van der Waals surface area contributed by atoms with Gasteiger partial charge in [-0.3, -0.25) is 9.59 Å². The number of ether oxygens (including phenoxy) is 1. The number of amides is 2. The summed E-state index contributed by atoms with van der Waals surface area (Å²) in [5.41, 5.74) is -0.694. The number of carbonyl (C=O) groups is 2. The summed E-state index contributed by atoms with van der Waals surface area (Å²) in [4.78, 5) is 28.9. The highest BCUT2D eigenvalue weighted by molar-refractivity contribution is 6.53. The van der Waals surface area contributed by atoms with Gasteiger partial charge in [-0.2, -0.15) is 0 Å². The SMILES string of the molecule is CC1(C(=O)N2CCCC(C(=O)N3CCOCC3)C2)CC1(Cl)Cl. The molecule has 0 aromatic heterocycles. The Morgan fingerprint density at radius 1 is 1.14 bits per heavy atom. The highest BCUT2D eigenvalue weighted by atomic mass is 35.5. The molecule has 1 saturated carbocycles. The fraction of sp³-hybridized carbons (Fsp3) is 0.867. The molecule has 5 nitrogen and oxygen atoms in total. The smallest absolute Gasteiger partial charge is 0.231 e. The van der Waals surface area contributed by atoms with E-state index in [1.165, 1.54) is 0 Å². The van der Waals surface area contributed by atoms with Gasteiger partial charge in [-0.1, -0.05) is 0 Å². The third-order valence-corrected chi connectivity index (χ3v) is 6.21. The molecule has 1 aliphatic carbocycles. The molecule has 7 heteroatoms. The Morgan fingerprint density at radius 3 is 2.36 bits per heavy atom. The molecule has 2 saturated heterocycles. The van der Waals surface area contributed by atoms with E-state index in [1.54, 1.807) is 4.90 Å². The highest BCUT2D eigenvalue weighted by Gasteiger charge is 2.68. The maximum absolute atomic E-state index is 12.7. The van der Waals surface area contributed by atoms with Crippen LogP contribution < -0.4 is 0 Å². The molecule has 0 bridgehead atoms. The van der Waals surface area contributed by atoms with Crippen molar-refractivity contribution >= 4 is 35.0 Å². The Morgan fingerprint density at radius 2 is 1.77 bits per heavy atom. The maximum Gasteiger partial charge on any atom is 0.231 e. The normalized spacial score (nSPS) is 34.4. The number of likely N-dealkylation sites (tertiary alicyclic amines) is 1. The summed E-state index contributed by atoms with van der Waals surface area (Å²) in [6, 6.07) is 0. The number of piperidine rings is 1. The molecular weight excluding hydrogens is 327 g/mol. The number of alkyl halides is 2. The molecule has 0 spiro atoms. The molecule has 2 atom stereocenters. The van der Waals surface area contributed by atoms with Crippen molar-refractivity contribution in [3.8, 4) is 0 Å². The van der Waals surface area contributed by atoms with Crippen LogP contribution in [0.3, 0.4) is 0 Å². The summed E-state index contributed by atoms with van der Waals surface area (Å²) in [6.45, 7) is 5.46. The lowest BCUT2D eigenvalue weighted by Crippen LogP contribution is -2.51. The van der Waals surface area contributed by atoms with Crippen LogP contribution in [0.1, 0.15) is 26.2 Å². The minimum atomic E-state index is -0.953. The molecule has 3 rings (SSSR count). The zero-order valence-electron chi connectivity index (χ0n) is 12.8. The van der Waals surface area contributed by atoms with Crippen LogP contribution in [0, 0.1) is 11.3 Å². The maximum atomic E-state index is 12.7. The van der Waals surface area contributed by atoms with Crippen LogP contribution in [0.5, 0.6) is 0 Å². The molecular formula is C15H22Cl2N2O3. The van der Waals surface area contributed by atoms with Crippen LogP contribution in [0.4, 0.5) is 0 Å². The zero-order chi connectivity index (χ0) is 16.0. The summed E-state index contributed by atoms with van der Waals surface area (Å²) < 4.78 is 4.33. The van der Waals surface area contributed by atoms with Gasteiger partial charge in [0.2, 0.25) is 11.8 Å². The number of carbonyl (C=O) groups excluding carboxylic acids is 2. The van der Waals surface area contributed by atoms with Crippen LogP contribution in [-0.4, -0.2) is 65.3 Å². The predicted octanol–water partition coefficient (Wildman–Crippen LogP) is 1.67. The molecule has 0 aromatic rings. The van der Waals surface area contributed by atoms with Gasteiger partial charge in [-0.05, 0) is 26.2 Å². The number of morpholine rings is 1. The molecule has 2 unspecified atom stereocenters. The molecule has 3 aliphatic rings. The molecule has 3 fully saturated rings. The molecule has 0 radical (unpaired) electrons. The largest absolute Gasteiger partial charge is 0.378 e. The molecule has 22 heavy (non-hydrogen) atoms. The van der Waals surface area contributed by atoms with E-state index in [0.717, 1.165) is 12.8 Å². The number of rotatable bonds is 2. The Labute approximate surface area is 140 Å². The molecule has 2 aliphatic heterocycles. The monoisotopic (exact) mass is 348 g/mol. The summed E-state index contributed by atoms with van der Waals surface area (Å²) in [7, 11) is 0. The first-order chi connectivity index (χ1) is 10.3. The summed E-state index contributed by atoms with van der Waals surface area (Å²) in [5, 5.41) is 0. The lowest BCUT2D eigenvalue weighted by Gasteiger charge is -2.37. The van der Waals surface area contributed by atoms with Gasteiger partial charge in [0.15, 0.2) is 0 Å². The third kappa shape index (κ3) is 2.83. The van der Waals surface area contributed by atoms with E-state index in [2.05, 4.69) is 0 Å². The minimum Gasteiger partial charge on any atom is -0.378 e. The van der Waals surface area contributed by atoms with E-state index in [1.807, 2.05) is 11.8 Å². The summed E-state index contributed by atoms with van der Waals surface area (Å²) >= 11 is 12.2. The number of nitrogens with zero attached hydrogens (tertiary/aromatic N) is 2. The van der Waals surface area contributed by atoms with Gasteiger partial charge in [0.05, 0.1) is 24.5 Å². The van der Waals surface area contributed by atoms with E-state index in [0.29, 0.717) is 45.8 Å². The van der Waals surface area contributed by atoms with E-state index in [4.69, 9.17) is 27.9 Å². The first kappa shape index (κ1) is 16.3. The Balaban J connectivity index is 1.62. The van der Waals surface area contributed by atoms with Crippen molar-refractivity contribution in [2.75, 3.05) is 39.4 Å². The highest BCUT2D eigenvalue weighted by Crippen LogP contribution is 2.64. The van der Waals surface area contributed by atoms with Gasteiger partial charge in [0, 0.05) is 26.2 Å². The second-order valence-corrected chi connectivity index (χ2v) is 8.23. The van der Waals surface area contributed by atoms with Gasteiger partial charge >= 0.3 is 0 Å². The van der Waals surface area contributed by atoms with Crippen molar-refractivity contribution in [3.63, 3.8) is 0 Å². The minimum absolute atomic E-state index is 0.0167. The van der Waals surface area contributed by atoms with Gasteiger partial charge in [-0.25, -0.2) is 0 Å². The lowest BCUT2D eigenvalue weighted by molar-refractivity contribution is -0.145. The van der Waals surface area contributed by atoms with Gasteiger partial charge in [0.25, 0.3) is 0 Å². The van der Waals surface area contributed by atoms with Crippen molar-refractivity contribution in [3.05, 3.63) is 0 Å². The van der Waals surface area contributed by atoms with Crippen LogP contribution in [-0.2, 0) is 14.3 Å². The molecule has 0 N–H and O–H groups in total. The Hall–Kier alpha value is -0.520. The van der Waals surface area contributed by atoms with Crippen molar-refractivity contribution in [1.82, 2.24) is 9.80 Å². The first-order valence-electron chi connectivity index (χ1n) is 7.89. The van der Waals surface area contributed by atoms with Crippen molar-refractivity contribution in [1.29, 1.82) is 0 Å². The standard InChI is InChI=1S/C15H22Cl2N2O3/c1-14(10-15(14,16)17)13(21)19-4-2-3-11(9-19)12(20)18-5-7-22-8-6-18/h11H,2-10H2,1H3. The van der Waals surface area contributed by atoms with E-state index < -0.39 is 9.75 Å². The Kier molecular flexibility index (Phi) is 4.34. The molecule has 2 amide bonds. The van der Waals surface area contributed by atoms with E-state index >= 15 is 0 Å². The zero-order valence-corrected chi connectivity index (χ0v) is 14.3. The van der Waals surface area contributed by atoms with E-state index in [-0.39, 0.29) is 17.7 Å². The van der Waals surface area contributed by atoms with Crippen molar-refractivity contribution in [2.45, 2.75) is 30.5 Å². The van der Waals surface area contributed by atoms with Crippen LogP contribution >= 0.6 is 23.2 Å². The Bertz CT molecular complexity index is 479. The molecule has 0 aromatic carbocycles. The first-order valence-corrected chi connectivity index (χ1v) is 8.64.